The fraction of sp³-hybridized carbons (Fsp3) is 0.733. The van der Waals surface area contributed by atoms with E-state index in [2.05, 4.69) is 36.1 Å². The van der Waals surface area contributed by atoms with Crippen LogP contribution >= 0.6 is 11.6 Å². The van der Waals surface area contributed by atoms with Crippen LogP contribution in [0.3, 0.4) is 0 Å². The summed E-state index contributed by atoms with van der Waals surface area (Å²) in [6.07, 6.45) is 4.55. The molecule has 3 nitrogen and oxygen atoms in total. The number of hydrogen-bond acceptors (Lipinski definition) is 3. The van der Waals surface area contributed by atoms with Crippen LogP contribution in [0.2, 0.25) is 5.15 Å². The Morgan fingerprint density at radius 3 is 2.53 bits per heavy atom. The molecule has 0 saturated heterocycles. The molecule has 0 aliphatic heterocycles. The van der Waals surface area contributed by atoms with Gasteiger partial charge in [0.05, 0.1) is 0 Å². The number of aromatic nitrogens is 2. The molecular formula is C15H24ClN3. The van der Waals surface area contributed by atoms with Gasteiger partial charge in [-0.15, -0.1) is 0 Å². The van der Waals surface area contributed by atoms with E-state index in [0.717, 1.165) is 36.6 Å². The van der Waals surface area contributed by atoms with Gasteiger partial charge in [-0.3, -0.25) is 0 Å². The van der Waals surface area contributed by atoms with Crippen LogP contribution in [0.15, 0.2) is 0 Å². The number of aryl methyl sites for hydroxylation is 1. The minimum Gasteiger partial charge on any atom is -0.369 e. The van der Waals surface area contributed by atoms with E-state index in [1.165, 1.54) is 12.8 Å². The summed E-state index contributed by atoms with van der Waals surface area (Å²) in [7, 11) is 0. The molecule has 1 heterocycles. The minimum atomic E-state index is 0.467. The monoisotopic (exact) mass is 281 g/mol. The van der Waals surface area contributed by atoms with Crippen LogP contribution in [0.5, 0.6) is 0 Å². The highest BCUT2D eigenvalue weighted by Crippen LogP contribution is 2.51. The highest BCUT2D eigenvalue weighted by Gasteiger charge is 2.45. The Balaban J connectivity index is 2.11. The Morgan fingerprint density at radius 2 is 2.00 bits per heavy atom. The molecule has 1 aliphatic carbocycles. The second kappa shape index (κ2) is 5.66. The molecule has 1 fully saturated rings. The number of rotatable bonds is 6. The summed E-state index contributed by atoms with van der Waals surface area (Å²) in [6, 6.07) is 0. The second-order valence-corrected chi connectivity index (χ2v) is 6.38. The van der Waals surface area contributed by atoms with Crippen molar-refractivity contribution < 1.29 is 0 Å². The number of nitrogens with one attached hydrogen (secondary N) is 1. The zero-order valence-corrected chi connectivity index (χ0v) is 13.1. The van der Waals surface area contributed by atoms with E-state index in [0.29, 0.717) is 16.5 Å². The van der Waals surface area contributed by atoms with Crippen molar-refractivity contribution in [2.75, 3.05) is 11.9 Å². The van der Waals surface area contributed by atoms with Crippen molar-refractivity contribution in [2.24, 2.45) is 11.3 Å². The fourth-order valence-corrected chi connectivity index (χ4v) is 2.61. The molecule has 0 atom stereocenters. The lowest BCUT2D eigenvalue weighted by atomic mass is 9.92. The van der Waals surface area contributed by atoms with Crippen LogP contribution in [0.4, 0.5) is 5.82 Å². The average molecular weight is 282 g/mol. The van der Waals surface area contributed by atoms with E-state index < -0.39 is 0 Å². The van der Waals surface area contributed by atoms with Crippen LogP contribution in [0, 0.1) is 18.3 Å². The molecule has 19 heavy (non-hydrogen) atoms. The van der Waals surface area contributed by atoms with E-state index >= 15 is 0 Å². The third-order valence-corrected chi connectivity index (χ3v) is 4.70. The summed E-state index contributed by atoms with van der Waals surface area (Å²) in [4.78, 5) is 8.94. The lowest BCUT2D eigenvalue weighted by molar-refractivity contribution is 0.379. The van der Waals surface area contributed by atoms with Gasteiger partial charge in [-0.1, -0.05) is 32.4 Å². The summed E-state index contributed by atoms with van der Waals surface area (Å²) in [6.45, 7) is 9.70. The largest absolute Gasteiger partial charge is 0.369 e. The van der Waals surface area contributed by atoms with Gasteiger partial charge >= 0.3 is 0 Å². The van der Waals surface area contributed by atoms with E-state index in [-0.39, 0.29) is 0 Å². The first-order chi connectivity index (χ1) is 8.98. The van der Waals surface area contributed by atoms with Crippen molar-refractivity contribution in [2.45, 2.75) is 53.4 Å². The Hall–Kier alpha value is -0.830. The first-order valence-electron chi connectivity index (χ1n) is 7.25. The summed E-state index contributed by atoms with van der Waals surface area (Å²) < 4.78 is 0. The molecule has 1 aromatic heterocycles. The Bertz CT molecular complexity index is 453. The number of halogens is 1. The SMILES string of the molecule is CCCc1nc(Cl)c(C)c(NCC2(C(C)C)CC2)n1. The van der Waals surface area contributed by atoms with Gasteiger partial charge in [0.25, 0.3) is 0 Å². The molecule has 1 aromatic rings. The molecule has 1 N–H and O–H groups in total. The number of anilines is 1. The maximum atomic E-state index is 6.19. The Kier molecular flexibility index (Phi) is 4.34. The molecule has 0 amide bonds. The van der Waals surface area contributed by atoms with Crippen LogP contribution < -0.4 is 5.32 Å². The predicted octanol–water partition coefficient (Wildman–Crippen LogP) is 4.24. The molecule has 4 heteroatoms. The molecule has 1 aliphatic rings. The van der Waals surface area contributed by atoms with Crippen molar-refractivity contribution in [3.63, 3.8) is 0 Å². The third-order valence-electron chi connectivity index (χ3n) is 4.33. The van der Waals surface area contributed by atoms with E-state index in [1.807, 2.05) is 6.92 Å². The average Bonchev–Trinajstić information content (AvgIpc) is 3.13. The predicted molar refractivity (Wildman–Crippen MR) is 80.8 cm³/mol. The Morgan fingerprint density at radius 1 is 1.32 bits per heavy atom. The highest BCUT2D eigenvalue weighted by atomic mass is 35.5. The fourth-order valence-electron chi connectivity index (χ4n) is 2.42. The van der Waals surface area contributed by atoms with Crippen molar-refractivity contribution in [1.82, 2.24) is 9.97 Å². The van der Waals surface area contributed by atoms with E-state index in [1.54, 1.807) is 0 Å². The lowest BCUT2D eigenvalue weighted by Gasteiger charge is -2.21. The quantitative estimate of drug-likeness (QED) is 0.793. The summed E-state index contributed by atoms with van der Waals surface area (Å²) in [5, 5.41) is 4.08. The van der Waals surface area contributed by atoms with Gasteiger partial charge in [0.1, 0.15) is 16.8 Å². The number of hydrogen-bond donors (Lipinski definition) is 1. The zero-order chi connectivity index (χ0) is 14.0. The molecule has 0 radical (unpaired) electrons. The molecule has 0 aromatic carbocycles. The van der Waals surface area contributed by atoms with Crippen LogP contribution in [-0.2, 0) is 6.42 Å². The minimum absolute atomic E-state index is 0.467. The highest BCUT2D eigenvalue weighted by molar-refractivity contribution is 6.30. The molecular weight excluding hydrogens is 258 g/mol. The lowest BCUT2D eigenvalue weighted by Crippen LogP contribution is -2.22. The van der Waals surface area contributed by atoms with Gasteiger partial charge < -0.3 is 5.32 Å². The maximum Gasteiger partial charge on any atom is 0.137 e. The van der Waals surface area contributed by atoms with Gasteiger partial charge in [-0.05, 0) is 37.5 Å². The summed E-state index contributed by atoms with van der Waals surface area (Å²) in [5.74, 6) is 2.47. The zero-order valence-electron chi connectivity index (χ0n) is 12.4. The van der Waals surface area contributed by atoms with Gasteiger partial charge in [-0.2, -0.15) is 0 Å². The van der Waals surface area contributed by atoms with Crippen LogP contribution in [-0.4, -0.2) is 16.5 Å². The van der Waals surface area contributed by atoms with Gasteiger partial charge in [0.2, 0.25) is 0 Å². The molecule has 2 rings (SSSR count). The van der Waals surface area contributed by atoms with Crippen molar-refractivity contribution in [1.29, 1.82) is 0 Å². The summed E-state index contributed by atoms with van der Waals surface area (Å²) >= 11 is 6.19. The molecule has 1 saturated carbocycles. The van der Waals surface area contributed by atoms with Crippen molar-refractivity contribution in [3.05, 3.63) is 16.5 Å². The summed E-state index contributed by atoms with van der Waals surface area (Å²) in [5.41, 5.74) is 1.43. The maximum absolute atomic E-state index is 6.19. The molecule has 0 unspecified atom stereocenters. The van der Waals surface area contributed by atoms with Gasteiger partial charge in [-0.25, -0.2) is 9.97 Å². The first kappa shape index (κ1) is 14.6. The van der Waals surface area contributed by atoms with Crippen molar-refractivity contribution in [3.8, 4) is 0 Å². The normalized spacial score (nSPS) is 16.7. The van der Waals surface area contributed by atoms with Crippen molar-refractivity contribution >= 4 is 17.4 Å². The smallest absolute Gasteiger partial charge is 0.137 e. The topological polar surface area (TPSA) is 37.8 Å². The van der Waals surface area contributed by atoms with E-state index in [9.17, 15) is 0 Å². The third kappa shape index (κ3) is 3.19. The standard InChI is InChI=1S/C15H24ClN3/c1-5-6-12-18-13(16)11(4)14(19-12)17-9-15(7-8-15)10(2)3/h10H,5-9H2,1-4H3,(H,17,18,19). The van der Waals surface area contributed by atoms with Crippen LogP contribution in [0.1, 0.15) is 51.4 Å². The van der Waals surface area contributed by atoms with Gasteiger partial charge in [0, 0.05) is 18.5 Å². The van der Waals surface area contributed by atoms with E-state index in [4.69, 9.17) is 11.6 Å². The molecule has 0 spiro atoms. The van der Waals surface area contributed by atoms with Crippen LogP contribution in [0.25, 0.3) is 0 Å². The number of nitrogens with zero attached hydrogens (tertiary/aromatic N) is 2. The van der Waals surface area contributed by atoms with Gasteiger partial charge in [0.15, 0.2) is 0 Å². The molecule has 106 valence electrons. The first-order valence-corrected chi connectivity index (χ1v) is 7.63. The second-order valence-electron chi connectivity index (χ2n) is 6.02. The Labute approximate surface area is 121 Å². The molecule has 0 bridgehead atoms.